The zero-order valence-corrected chi connectivity index (χ0v) is 15.7. The molecule has 0 spiro atoms. The Morgan fingerprint density at radius 1 is 1.10 bits per heavy atom. The number of imide groups is 1. The Balaban J connectivity index is 1.87. The Kier molecular flexibility index (Phi) is 5.67. The zero-order valence-electron chi connectivity index (χ0n) is 15.7. The summed E-state index contributed by atoms with van der Waals surface area (Å²) in [5.74, 6) is -1.04. The Morgan fingerprint density at radius 2 is 1.79 bits per heavy atom. The van der Waals surface area contributed by atoms with Crippen molar-refractivity contribution in [3.8, 4) is 11.5 Å². The molecule has 2 aromatic rings. The fraction of sp³-hybridized carbons (Fsp3) is 0.300. The summed E-state index contributed by atoms with van der Waals surface area (Å²) in [4.78, 5) is 26.7. The van der Waals surface area contributed by atoms with E-state index in [0.717, 1.165) is 4.90 Å². The van der Waals surface area contributed by atoms with E-state index in [1.54, 1.807) is 6.92 Å². The predicted molar refractivity (Wildman–Crippen MR) is 97.1 cm³/mol. The lowest BCUT2D eigenvalue weighted by Crippen LogP contribution is -2.43. The molecular weight excluding hydrogens is 389 g/mol. The second-order valence-corrected chi connectivity index (χ2v) is 6.45. The Hall–Kier alpha value is -3.23. The summed E-state index contributed by atoms with van der Waals surface area (Å²) >= 11 is 0. The molecule has 0 aliphatic carbocycles. The first-order valence-corrected chi connectivity index (χ1v) is 8.82. The molecule has 1 aliphatic heterocycles. The van der Waals surface area contributed by atoms with Crippen LogP contribution >= 0.6 is 0 Å². The Bertz CT molecular complexity index is 920. The maximum absolute atomic E-state index is 13.3. The highest BCUT2D eigenvalue weighted by Crippen LogP contribution is 2.35. The van der Waals surface area contributed by atoms with Crippen molar-refractivity contribution in [2.75, 3.05) is 7.11 Å². The maximum atomic E-state index is 13.3. The van der Waals surface area contributed by atoms with Crippen molar-refractivity contribution in [3.63, 3.8) is 0 Å². The monoisotopic (exact) mass is 408 g/mol. The summed E-state index contributed by atoms with van der Waals surface area (Å²) in [5.41, 5.74) is -0.341. The van der Waals surface area contributed by atoms with Crippen LogP contribution in [0.2, 0.25) is 0 Å². The molecule has 1 aliphatic rings. The summed E-state index contributed by atoms with van der Waals surface area (Å²) in [6.07, 6.45) is 0.268. The molecule has 29 heavy (non-hydrogen) atoms. The molecule has 3 amide bonds. The topological polar surface area (TPSA) is 67.9 Å². The van der Waals surface area contributed by atoms with Gasteiger partial charge in [0, 0.05) is 0 Å². The van der Waals surface area contributed by atoms with Crippen molar-refractivity contribution in [3.05, 3.63) is 59.4 Å². The molecule has 1 atom stereocenters. The summed E-state index contributed by atoms with van der Waals surface area (Å²) < 4.78 is 47.6. The summed E-state index contributed by atoms with van der Waals surface area (Å²) in [5, 5.41) is 2.70. The number of urea groups is 1. The van der Waals surface area contributed by atoms with Gasteiger partial charge >= 0.3 is 12.6 Å². The highest BCUT2D eigenvalue weighted by Gasteiger charge is 2.51. The lowest BCUT2D eigenvalue weighted by Gasteiger charge is -2.25. The van der Waals surface area contributed by atoms with Gasteiger partial charge in [-0.15, -0.1) is 0 Å². The van der Waals surface area contributed by atoms with E-state index < -0.39 is 29.9 Å². The molecular formula is C20H19F3N2O4. The van der Waals surface area contributed by atoms with Crippen LogP contribution in [-0.4, -0.2) is 30.6 Å². The van der Waals surface area contributed by atoms with Gasteiger partial charge in [-0.1, -0.05) is 25.1 Å². The lowest BCUT2D eigenvalue weighted by atomic mass is 9.87. The molecule has 154 valence electrons. The summed E-state index contributed by atoms with van der Waals surface area (Å²) in [7, 11) is 1.29. The molecule has 1 heterocycles. The maximum Gasteiger partial charge on any atom is 0.387 e. The van der Waals surface area contributed by atoms with Crippen molar-refractivity contribution in [1.29, 1.82) is 0 Å². The van der Waals surface area contributed by atoms with Crippen LogP contribution < -0.4 is 14.8 Å². The van der Waals surface area contributed by atoms with Crippen LogP contribution in [-0.2, 0) is 16.9 Å². The molecule has 0 radical (unpaired) electrons. The third-order valence-electron chi connectivity index (χ3n) is 4.83. The van der Waals surface area contributed by atoms with Crippen LogP contribution in [0.25, 0.3) is 0 Å². The minimum atomic E-state index is -3.01. The molecule has 1 saturated heterocycles. The third kappa shape index (κ3) is 3.85. The SMILES string of the molecule is CC[C@@]1(c2ccc(F)cc2)NC(=O)N(Cc2ccc(OC(F)F)c(OC)c2)C1=O. The van der Waals surface area contributed by atoms with Gasteiger partial charge in [0.05, 0.1) is 13.7 Å². The molecule has 9 heteroatoms. The number of nitrogens with one attached hydrogen (secondary N) is 1. The van der Waals surface area contributed by atoms with Gasteiger partial charge in [-0.05, 0) is 41.8 Å². The van der Waals surface area contributed by atoms with E-state index in [4.69, 9.17) is 4.74 Å². The van der Waals surface area contributed by atoms with Crippen LogP contribution in [0.3, 0.4) is 0 Å². The minimum Gasteiger partial charge on any atom is -0.493 e. The van der Waals surface area contributed by atoms with Gasteiger partial charge in [-0.3, -0.25) is 9.69 Å². The van der Waals surface area contributed by atoms with Crippen LogP contribution in [0.5, 0.6) is 11.5 Å². The minimum absolute atomic E-state index is 0.0511. The van der Waals surface area contributed by atoms with E-state index >= 15 is 0 Å². The van der Waals surface area contributed by atoms with E-state index in [9.17, 15) is 22.8 Å². The Morgan fingerprint density at radius 3 is 2.38 bits per heavy atom. The summed E-state index contributed by atoms with van der Waals surface area (Å²) in [6.45, 7) is -1.37. The summed E-state index contributed by atoms with van der Waals surface area (Å²) in [6, 6.07) is 8.93. The standard InChI is InChI=1S/C20H19F3N2O4/c1-3-20(13-5-7-14(21)8-6-13)17(26)25(19(27)24-20)11-12-4-9-15(29-18(22)23)16(10-12)28-2/h4-10,18H,3,11H2,1-2H3,(H,24,27)/t20-/m0/s1. The fourth-order valence-electron chi connectivity index (χ4n) is 3.33. The first kappa shape index (κ1) is 20.5. The number of hydrogen-bond donors (Lipinski definition) is 1. The molecule has 1 N–H and O–H groups in total. The number of ether oxygens (including phenoxy) is 2. The zero-order chi connectivity index (χ0) is 21.2. The third-order valence-corrected chi connectivity index (χ3v) is 4.83. The smallest absolute Gasteiger partial charge is 0.387 e. The Labute approximate surface area is 165 Å². The fourth-order valence-corrected chi connectivity index (χ4v) is 3.33. The van der Waals surface area contributed by atoms with Crippen molar-refractivity contribution >= 4 is 11.9 Å². The number of nitrogens with zero attached hydrogens (tertiary/aromatic N) is 1. The first-order chi connectivity index (χ1) is 13.8. The van der Waals surface area contributed by atoms with Crippen molar-refractivity contribution in [2.45, 2.75) is 32.0 Å². The van der Waals surface area contributed by atoms with Gasteiger partial charge in [0.15, 0.2) is 11.5 Å². The second-order valence-electron chi connectivity index (χ2n) is 6.45. The lowest BCUT2D eigenvalue weighted by molar-refractivity contribution is -0.132. The van der Waals surface area contributed by atoms with Crippen molar-refractivity contribution in [1.82, 2.24) is 10.2 Å². The molecule has 2 aromatic carbocycles. The number of amides is 3. The van der Waals surface area contributed by atoms with E-state index in [2.05, 4.69) is 10.1 Å². The number of halogens is 3. The first-order valence-electron chi connectivity index (χ1n) is 8.82. The van der Waals surface area contributed by atoms with E-state index in [1.807, 2.05) is 0 Å². The molecule has 1 fully saturated rings. The van der Waals surface area contributed by atoms with Gasteiger partial charge in [0.1, 0.15) is 11.4 Å². The van der Waals surface area contributed by atoms with Crippen LogP contribution in [0.1, 0.15) is 24.5 Å². The second kappa shape index (κ2) is 8.02. The number of alkyl halides is 2. The van der Waals surface area contributed by atoms with Gasteiger partial charge in [0.2, 0.25) is 0 Å². The number of methoxy groups -OCH3 is 1. The normalized spacial score (nSPS) is 18.9. The number of hydrogen-bond acceptors (Lipinski definition) is 4. The molecule has 0 bridgehead atoms. The van der Waals surface area contributed by atoms with Crippen molar-refractivity contribution in [2.24, 2.45) is 0 Å². The van der Waals surface area contributed by atoms with Gasteiger partial charge in [-0.25, -0.2) is 9.18 Å². The van der Waals surface area contributed by atoms with Gasteiger partial charge < -0.3 is 14.8 Å². The molecule has 0 aromatic heterocycles. The molecule has 0 unspecified atom stereocenters. The highest BCUT2D eigenvalue weighted by atomic mass is 19.3. The van der Waals surface area contributed by atoms with Gasteiger partial charge in [-0.2, -0.15) is 8.78 Å². The number of benzene rings is 2. The molecule has 3 rings (SSSR count). The number of rotatable bonds is 7. The highest BCUT2D eigenvalue weighted by molar-refractivity contribution is 6.07. The van der Waals surface area contributed by atoms with E-state index in [0.29, 0.717) is 11.1 Å². The molecule has 6 nitrogen and oxygen atoms in total. The van der Waals surface area contributed by atoms with Crippen LogP contribution in [0.15, 0.2) is 42.5 Å². The van der Waals surface area contributed by atoms with E-state index in [1.165, 1.54) is 49.6 Å². The predicted octanol–water partition coefficient (Wildman–Crippen LogP) is 3.79. The van der Waals surface area contributed by atoms with Crippen LogP contribution in [0.4, 0.5) is 18.0 Å². The van der Waals surface area contributed by atoms with E-state index in [-0.39, 0.29) is 24.5 Å². The van der Waals surface area contributed by atoms with Gasteiger partial charge in [0.25, 0.3) is 5.91 Å². The quantitative estimate of drug-likeness (QED) is 0.708. The van der Waals surface area contributed by atoms with Crippen LogP contribution in [0, 0.1) is 5.82 Å². The number of carbonyl (C=O) groups is 2. The average molecular weight is 408 g/mol. The van der Waals surface area contributed by atoms with Crippen molar-refractivity contribution < 1.29 is 32.2 Å². The number of carbonyl (C=O) groups excluding carboxylic acids is 2. The molecule has 0 saturated carbocycles. The largest absolute Gasteiger partial charge is 0.493 e. The average Bonchev–Trinajstić information content (AvgIpc) is 2.94.